The van der Waals surface area contributed by atoms with Gasteiger partial charge in [-0.25, -0.2) is 0 Å². The molecule has 2 unspecified atom stereocenters. The van der Waals surface area contributed by atoms with Crippen molar-refractivity contribution in [3.63, 3.8) is 0 Å². The Balaban J connectivity index is 2.29. The van der Waals surface area contributed by atoms with Crippen molar-refractivity contribution in [2.24, 2.45) is 5.92 Å². The number of nitro groups is 1. The second-order valence-corrected chi connectivity index (χ2v) is 4.89. The molecule has 0 saturated carbocycles. The third-order valence-corrected chi connectivity index (χ3v) is 3.66. The summed E-state index contributed by atoms with van der Waals surface area (Å²) in [6.07, 6.45) is 0. The van der Waals surface area contributed by atoms with Crippen LogP contribution in [0.1, 0.15) is 5.56 Å². The van der Waals surface area contributed by atoms with Crippen molar-refractivity contribution in [1.29, 1.82) is 0 Å². The molecule has 0 aromatic heterocycles. The number of hydrogen-bond acceptors (Lipinski definition) is 5. The number of aryl methyl sites for hydroxylation is 1. The predicted octanol–water partition coefficient (Wildman–Crippen LogP) is 1.44. The Bertz CT molecular complexity index is 546. The first kappa shape index (κ1) is 14.3. The molecule has 108 valence electrons. The van der Waals surface area contributed by atoms with E-state index in [1.807, 2.05) is 0 Å². The third-order valence-electron chi connectivity index (χ3n) is 3.66. The van der Waals surface area contributed by atoms with Gasteiger partial charge >= 0.3 is 5.97 Å². The van der Waals surface area contributed by atoms with Gasteiger partial charge < -0.3 is 14.7 Å². The van der Waals surface area contributed by atoms with E-state index in [1.54, 1.807) is 31.0 Å². The molecule has 2 rings (SSSR count). The van der Waals surface area contributed by atoms with Crippen molar-refractivity contribution in [2.45, 2.75) is 13.0 Å². The Morgan fingerprint density at radius 3 is 2.80 bits per heavy atom. The molecule has 0 aliphatic carbocycles. The average Bonchev–Trinajstić information content (AvgIpc) is 2.87. The Morgan fingerprint density at radius 2 is 2.20 bits per heavy atom. The molecule has 1 aromatic rings. The fraction of sp³-hybridized carbons (Fsp3) is 0.462. The molecule has 0 bridgehead atoms. The number of ether oxygens (including phenoxy) is 1. The van der Waals surface area contributed by atoms with E-state index >= 15 is 0 Å². The van der Waals surface area contributed by atoms with Crippen LogP contribution in [0, 0.1) is 23.0 Å². The number of carboxylic acids is 1. The van der Waals surface area contributed by atoms with Gasteiger partial charge in [0.25, 0.3) is 5.69 Å². The molecule has 1 N–H and O–H groups in total. The molecule has 1 saturated heterocycles. The Kier molecular flexibility index (Phi) is 3.89. The number of nitrogens with zero attached hydrogens (tertiary/aromatic N) is 2. The van der Waals surface area contributed by atoms with Gasteiger partial charge in [0, 0.05) is 24.4 Å². The largest absolute Gasteiger partial charge is 0.481 e. The Morgan fingerprint density at radius 1 is 1.50 bits per heavy atom. The standard InChI is InChI=1S/C13H16N2O5/c1-8-3-4-9(5-11(8)15(18)19)14(2)12-7-20-6-10(12)13(16)17/h3-5,10,12H,6-7H2,1-2H3,(H,16,17). The fourth-order valence-corrected chi connectivity index (χ4v) is 2.37. The van der Waals surface area contributed by atoms with Gasteiger partial charge in [0.2, 0.25) is 0 Å². The summed E-state index contributed by atoms with van der Waals surface area (Å²) in [6.45, 7) is 2.13. The van der Waals surface area contributed by atoms with Crippen LogP contribution in [0.3, 0.4) is 0 Å². The van der Waals surface area contributed by atoms with E-state index in [2.05, 4.69) is 0 Å². The van der Waals surface area contributed by atoms with Gasteiger partial charge in [-0.15, -0.1) is 0 Å². The quantitative estimate of drug-likeness (QED) is 0.662. The first-order valence-electron chi connectivity index (χ1n) is 6.20. The number of carboxylic acid groups (broad SMARTS) is 1. The van der Waals surface area contributed by atoms with Gasteiger partial charge in [0.1, 0.15) is 5.92 Å². The van der Waals surface area contributed by atoms with E-state index in [4.69, 9.17) is 9.84 Å². The zero-order valence-electron chi connectivity index (χ0n) is 11.3. The van der Waals surface area contributed by atoms with Crippen molar-refractivity contribution in [1.82, 2.24) is 0 Å². The van der Waals surface area contributed by atoms with Crippen LogP contribution in [0.25, 0.3) is 0 Å². The minimum Gasteiger partial charge on any atom is -0.481 e. The van der Waals surface area contributed by atoms with Crippen LogP contribution < -0.4 is 4.90 Å². The highest BCUT2D eigenvalue weighted by Gasteiger charge is 2.37. The van der Waals surface area contributed by atoms with Gasteiger partial charge in [-0.1, -0.05) is 6.07 Å². The summed E-state index contributed by atoms with van der Waals surface area (Å²) in [5, 5.41) is 20.1. The molecular formula is C13H16N2O5. The van der Waals surface area contributed by atoms with Gasteiger partial charge in [0.15, 0.2) is 0 Å². The third kappa shape index (κ3) is 2.57. The molecule has 2 atom stereocenters. The molecule has 7 heteroatoms. The van der Waals surface area contributed by atoms with Gasteiger partial charge in [-0.2, -0.15) is 0 Å². The summed E-state index contributed by atoms with van der Waals surface area (Å²) in [5.74, 6) is -1.54. The average molecular weight is 280 g/mol. The summed E-state index contributed by atoms with van der Waals surface area (Å²) >= 11 is 0. The molecule has 1 aromatic carbocycles. The lowest BCUT2D eigenvalue weighted by Crippen LogP contribution is -2.40. The molecule has 0 radical (unpaired) electrons. The summed E-state index contributed by atoms with van der Waals surface area (Å²) in [7, 11) is 1.73. The predicted molar refractivity (Wildman–Crippen MR) is 72.0 cm³/mol. The summed E-state index contributed by atoms with van der Waals surface area (Å²) in [4.78, 5) is 23.4. The maximum atomic E-state index is 11.2. The second kappa shape index (κ2) is 5.46. The number of likely N-dealkylation sites (N-methyl/N-ethyl adjacent to an activating group) is 1. The summed E-state index contributed by atoms with van der Waals surface area (Å²) < 4.78 is 5.22. The molecule has 1 heterocycles. The monoisotopic (exact) mass is 280 g/mol. The number of rotatable bonds is 4. The van der Waals surface area contributed by atoms with Gasteiger partial charge in [0.05, 0.1) is 24.2 Å². The summed E-state index contributed by atoms with van der Waals surface area (Å²) in [5.41, 5.74) is 1.22. The number of nitro benzene ring substituents is 1. The second-order valence-electron chi connectivity index (χ2n) is 4.89. The normalized spacial score (nSPS) is 21.7. The van der Waals surface area contributed by atoms with Crippen LogP contribution in [0.5, 0.6) is 0 Å². The topological polar surface area (TPSA) is 92.9 Å². The van der Waals surface area contributed by atoms with E-state index in [0.717, 1.165) is 0 Å². The lowest BCUT2D eigenvalue weighted by atomic mass is 10.0. The molecule has 1 aliphatic heterocycles. The molecule has 1 aliphatic rings. The highest BCUT2D eigenvalue weighted by molar-refractivity contribution is 5.72. The minimum atomic E-state index is -0.916. The highest BCUT2D eigenvalue weighted by Crippen LogP contribution is 2.29. The molecule has 7 nitrogen and oxygen atoms in total. The zero-order valence-corrected chi connectivity index (χ0v) is 11.3. The molecular weight excluding hydrogens is 264 g/mol. The molecule has 0 spiro atoms. The van der Waals surface area contributed by atoms with Crippen molar-refractivity contribution < 1.29 is 19.6 Å². The Labute approximate surface area is 115 Å². The van der Waals surface area contributed by atoms with E-state index in [-0.39, 0.29) is 18.3 Å². The van der Waals surface area contributed by atoms with Crippen molar-refractivity contribution >= 4 is 17.3 Å². The SMILES string of the molecule is Cc1ccc(N(C)C2COCC2C(=O)O)cc1[N+](=O)[O-]. The Hall–Kier alpha value is -2.15. The maximum absolute atomic E-state index is 11.2. The lowest BCUT2D eigenvalue weighted by molar-refractivity contribution is -0.385. The number of benzene rings is 1. The van der Waals surface area contributed by atoms with Crippen LogP contribution in [-0.2, 0) is 9.53 Å². The van der Waals surface area contributed by atoms with Gasteiger partial charge in [-0.3, -0.25) is 14.9 Å². The van der Waals surface area contributed by atoms with Crippen LogP contribution in [0.2, 0.25) is 0 Å². The number of anilines is 1. The van der Waals surface area contributed by atoms with E-state index in [9.17, 15) is 14.9 Å². The summed E-state index contributed by atoms with van der Waals surface area (Å²) in [6, 6.07) is 4.55. The first-order valence-corrected chi connectivity index (χ1v) is 6.20. The lowest BCUT2D eigenvalue weighted by Gasteiger charge is -2.28. The minimum absolute atomic E-state index is 0.0279. The van der Waals surface area contributed by atoms with Gasteiger partial charge in [-0.05, 0) is 13.0 Å². The van der Waals surface area contributed by atoms with Crippen LogP contribution in [-0.4, -0.2) is 42.3 Å². The maximum Gasteiger partial charge on any atom is 0.311 e. The molecule has 0 amide bonds. The number of carbonyl (C=O) groups is 1. The van der Waals surface area contributed by atoms with Crippen LogP contribution >= 0.6 is 0 Å². The zero-order chi connectivity index (χ0) is 14.9. The number of aliphatic carboxylic acids is 1. The van der Waals surface area contributed by atoms with E-state index in [1.165, 1.54) is 6.07 Å². The van der Waals surface area contributed by atoms with Crippen molar-refractivity contribution in [2.75, 3.05) is 25.2 Å². The van der Waals surface area contributed by atoms with Crippen LogP contribution in [0.15, 0.2) is 18.2 Å². The van der Waals surface area contributed by atoms with E-state index < -0.39 is 16.8 Å². The van der Waals surface area contributed by atoms with Crippen molar-refractivity contribution in [3.05, 3.63) is 33.9 Å². The van der Waals surface area contributed by atoms with E-state index in [0.29, 0.717) is 17.9 Å². The smallest absolute Gasteiger partial charge is 0.311 e. The van der Waals surface area contributed by atoms with Crippen molar-refractivity contribution in [3.8, 4) is 0 Å². The molecule has 20 heavy (non-hydrogen) atoms. The number of hydrogen-bond donors (Lipinski definition) is 1. The van der Waals surface area contributed by atoms with Crippen LogP contribution in [0.4, 0.5) is 11.4 Å². The molecule has 1 fully saturated rings. The fourth-order valence-electron chi connectivity index (χ4n) is 2.37. The highest BCUT2D eigenvalue weighted by atomic mass is 16.6. The first-order chi connectivity index (χ1) is 9.41.